The summed E-state index contributed by atoms with van der Waals surface area (Å²) in [5.74, 6) is 1.05. The maximum atomic E-state index is 6.09. The molecule has 15 heavy (non-hydrogen) atoms. The normalized spacial score (nSPS) is 19.7. The van der Waals surface area contributed by atoms with Crippen LogP contribution in [-0.4, -0.2) is 6.61 Å². The Morgan fingerprint density at radius 3 is 3.13 bits per heavy atom. The largest absolute Gasteiger partial charge is 0.493 e. The van der Waals surface area contributed by atoms with Gasteiger partial charge in [-0.3, -0.25) is 0 Å². The summed E-state index contributed by atoms with van der Waals surface area (Å²) in [4.78, 5) is 0. The van der Waals surface area contributed by atoms with E-state index < -0.39 is 0 Å². The Balaban J connectivity index is 2.27. The van der Waals surface area contributed by atoms with E-state index in [1.807, 2.05) is 0 Å². The number of nitrogens with two attached hydrogens (primary N) is 1. The maximum absolute atomic E-state index is 6.09. The van der Waals surface area contributed by atoms with Crippen LogP contribution in [0.3, 0.4) is 0 Å². The average Bonchev–Trinajstić information content (AvgIpc) is 2.27. The zero-order valence-corrected chi connectivity index (χ0v) is 9.33. The van der Waals surface area contributed by atoms with Gasteiger partial charge in [0.25, 0.3) is 0 Å². The van der Waals surface area contributed by atoms with Gasteiger partial charge in [-0.15, -0.1) is 0 Å². The van der Waals surface area contributed by atoms with Crippen LogP contribution in [0.4, 0.5) is 0 Å². The molecule has 1 atom stereocenters. The summed E-state index contributed by atoms with van der Waals surface area (Å²) < 4.78 is 5.75. The average molecular weight is 205 g/mol. The summed E-state index contributed by atoms with van der Waals surface area (Å²) >= 11 is 0. The molecule has 0 bridgehead atoms. The first-order chi connectivity index (χ1) is 7.33. The van der Waals surface area contributed by atoms with Crippen molar-refractivity contribution in [3.63, 3.8) is 0 Å². The van der Waals surface area contributed by atoms with E-state index in [9.17, 15) is 0 Å². The number of ether oxygens (including phenoxy) is 1. The van der Waals surface area contributed by atoms with Crippen molar-refractivity contribution in [2.45, 2.75) is 38.6 Å². The summed E-state index contributed by atoms with van der Waals surface area (Å²) in [6, 6.07) is 6.46. The van der Waals surface area contributed by atoms with Crippen molar-refractivity contribution in [3.05, 3.63) is 29.3 Å². The van der Waals surface area contributed by atoms with E-state index in [1.54, 1.807) is 0 Å². The third-order valence-corrected chi connectivity index (χ3v) is 2.97. The summed E-state index contributed by atoms with van der Waals surface area (Å²) in [6.45, 7) is 2.92. The molecule has 2 N–H and O–H groups in total. The van der Waals surface area contributed by atoms with Crippen LogP contribution in [0.25, 0.3) is 0 Å². The molecule has 1 aromatic carbocycles. The van der Waals surface area contributed by atoms with E-state index in [1.165, 1.54) is 17.5 Å². The minimum absolute atomic E-state index is 0.207. The van der Waals surface area contributed by atoms with E-state index in [4.69, 9.17) is 10.5 Å². The molecule has 1 unspecified atom stereocenters. The molecule has 2 heteroatoms. The minimum Gasteiger partial charge on any atom is -0.493 e. The first-order valence-electron chi connectivity index (χ1n) is 5.83. The van der Waals surface area contributed by atoms with Gasteiger partial charge in [-0.25, -0.2) is 0 Å². The zero-order chi connectivity index (χ0) is 10.7. The molecular weight excluding hydrogens is 186 g/mol. The predicted octanol–water partition coefficient (Wildman–Crippen LogP) is 2.81. The Morgan fingerprint density at radius 1 is 1.47 bits per heavy atom. The van der Waals surface area contributed by atoms with Gasteiger partial charge >= 0.3 is 0 Å². The second-order valence-corrected chi connectivity index (χ2v) is 4.17. The summed E-state index contributed by atoms with van der Waals surface area (Å²) in [5.41, 5.74) is 8.71. The lowest BCUT2D eigenvalue weighted by Gasteiger charge is -2.24. The van der Waals surface area contributed by atoms with Crippen molar-refractivity contribution in [2.24, 2.45) is 5.73 Å². The highest BCUT2D eigenvalue weighted by Gasteiger charge is 2.19. The Morgan fingerprint density at radius 2 is 2.33 bits per heavy atom. The molecule has 0 aliphatic heterocycles. The smallest absolute Gasteiger partial charge is 0.122 e. The van der Waals surface area contributed by atoms with Crippen molar-refractivity contribution in [1.82, 2.24) is 0 Å². The monoisotopic (exact) mass is 205 g/mol. The van der Waals surface area contributed by atoms with Gasteiger partial charge in [0.1, 0.15) is 5.75 Å². The molecule has 2 rings (SSSR count). The third kappa shape index (κ3) is 2.15. The standard InChI is InChI=1S/C13H19NO/c1-2-9-15-13-8-4-5-10-11(13)6-3-7-12(10)14/h4-5,8,12H,2-3,6-7,9,14H2,1H3. The fourth-order valence-electron chi connectivity index (χ4n) is 2.20. The van der Waals surface area contributed by atoms with Crippen LogP contribution in [0.1, 0.15) is 43.4 Å². The van der Waals surface area contributed by atoms with E-state index in [0.29, 0.717) is 0 Å². The van der Waals surface area contributed by atoms with Gasteiger partial charge in [-0.1, -0.05) is 19.1 Å². The lowest BCUT2D eigenvalue weighted by molar-refractivity contribution is 0.311. The van der Waals surface area contributed by atoms with Crippen LogP contribution in [0.5, 0.6) is 5.75 Å². The molecule has 2 nitrogen and oxygen atoms in total. The molecule has 0 saturated carbocycles. The van der Waals surface area contributed by atoms with Crippen molar-refractivity contribution in [1.29, 1.82) is 0 Å². The minimum atomic E-state index is 0.207. The summed E-state index contributed by atoms with van der Waals surface area (Å²) in [6.07, 6.45) is 4.45. The lowest BCUT2D eigenvalue weighted by atomic mass is 9.88. The molecule has 0 spiro atoms. The number of rotatable bonds is 3. The van der Waals surface area contributed by atoms with Crippen molar-refractivity contribution < 1.29 is 4.74 Å². The molecule has 0 heterocycles. The van der Waals surface area contributed by atoms with Crippen LogP contribution >= 0.6 is 0 Å². The van der Waals surface area contributed by atoms with E-state index in [0.717, 1.165) is 31.6 Å². The summed E-state index contributed by atoms with van der Waals surface area (Å²) in [5, 5.41) is 0. The van der Waals surface area contributed by atoms with Gasteiger partial charge in [0.2, 0.25) is 0 Å². The van der Waals surface area contributed by atoms with Gasteiger partial charge in [0.05, 0.1) is 6.61 Å². The molecule has 0 fully saturated rings. The molecule has 0 aromatic heterocycles. The van der Waals surface area contributed by atoms with E-state index in [-0.39, 0.29) is 6.04 Å². The molecule has 1 aromatic rings. The van der Waals surface area contributed by atoms with E-state index >= 15 is 0 Å². The molecular formula is C13H19NO. The number of hydrogen-bond acceptors (Lipinski definition) is 2. The van der Waals surface area contributed by atoms with Crippen molar-refractivity contribution in [3.8, 4) is 5.75 Å². The molecule has 0 amide bonds. The van der Waals surface area contributed by atoms with Gasteiger partial charge < -0.3 is 10.5 Å². The molecule has 1 aliphatic carbocycles. The van der Waals surface area contributed by atoms with Crippen LogP contribution in [0, 0.1) is 0 Å². The Hall–Kier alpha value is -1.02. The molecule has 82 valence electrons. The van der Waals surface area contributed by atoms with Gasteiger partial charge in [0.15, 0.2) is 0 Å². The zero-order valence-electron chi connectivity index (χ0n) is 9.33. The predicted molar refractivity (Wildman–Crippen MR) is 62.1 cm³/mol. The number of benzene rings is 1. The van der Waals surface area contributed by atoms with Crippen LogP contribution in [0.2, 0.25) is 0 Å². The van der Waals surface area contributed by atoms with Crippen LogP contribution < -0.4 is 10.5 Å². The molecule has 0 radical (unpaired) electrons. The Labute approximate surface area is 91.4 Å². The topological polar surface area (TPSA) is 35.2 Å². The van der Waals surface area contributed by atoms with E-state index in [2.05, 4.69) is 25.1 Å². The highest BCUT2D eigenvalue weighted by Crippen LogP contribution is 2.33. The second-order valence-electron chi connectivity index (χ2n) is 4.17. The Bertz CT molecular complexity index is 335. The lowest BCUT2D eigenvalue weighted by Crippen LogP contribution is -2.18. The highest BCUT2D eigenvalue weighted by molar-refractivity contribution is 5.43. The molecule has 0 saturated heterocycles. The first-order valence-corrected chi connectivity index (χ1v) is 5.83. The Kier molecular flexibility index (Phi) is 3.27. The number of fused-ring (bicyclic) bond motifs is 1. The first kappa shape index (κ1) is 10.5. The second kappa shape index (κ2) is 4.67. The van der Waals surface area contributed by atoms with Crippen LogP contribution in [0.15, 0.2) is 18.2 Å². The van der Waals surface area contributed by atoms with Crippen molar-refractivity contribution >= 4 is 0 Å². The van der Waals surface area contributed by atoms with Gasteiger partial charge in [0, 0.05) is 6.04 Å². The fourth-order valence-corrected chi connectivity index (χ4v) is 2.20. The molecule has 1 aliphatic rings. The summed E-state index contributed by atoms with van der Waals surface area (Å²) in [7, 11) is 0. The fraction of sp³-hybridized carbons (Fsp3) is 0.538. The third-order valence-electron chi connectivity index (χ3n) is 2.97. The maximum Gasteiger partial charge on any atom is 0.122 e. The quantitative estimate of drug-likeness (QED) is 0.823. The number of hydrogen-bond donors (Lipinski definition) is 1. The van der Waals surface area contributed by atoms with Gasteiger partial charge in [-0.05, 0) is 42.9 Å². The van der Waals surface area contributed by atoms with Crippen LogP contribution in [-0.2, 0) is 6.42 Å². The van der Waals surface area contributed by atoms with Crippen molar-refractivity contribution in [2.75, 3.05) is 6.61 Å². The van der Waals surface area contributed by atoms with Gasteiger partial charge in [-0.2, -0.15) is 0 Å². The SMILES string of the molecule is CCCOc1cccc2c1CCCC2N. The highest BCUT2D eigenvalue weighted by atomic mass is 16.5.